The Morgan fingerprint density at radius 2 is 1.83 bits per heavy atom. The molecule has 11 nitrogen and oxygen atoms in total. The summed E-state index contributed by atoms with van der Waals surface area (Å²) in [4.78, 5) is 25.0. The molecule has 2 aliphatic heterocycles. The highest BCUT2D eigenvalue weighted by Crippen LogP contribution is 2.30. The van der Waals surface area contributed by atoms with Gasteiger partial charge in [-0.2, -0.15) is 18.3 Å². The molecule has 6 rings (SSSR count). The lowest BCUT2D eigenvalue weighted by Gasteiger charge is -2.28. The minimum atomic E-state index is -4.38. The molecule has 3 heterocycles. The number of hydrogen-bond acceptors (Lipinski definition) is 9. The van der Waals surface area contributed by atoms with Crippen LogP contribution in [0.3, 0.4) is 0 Å². The number of carbonyl (C=O) groups is 1. The molecule has 1 amide bonds. The molecule has 15 heteroatoms. The fourth-order valence-electron chi connectivity index (χ4n) is 6.76. The fourth-order valence-corrected chi connectivity index (χ4v) is 6.76. The Hall–Kier alpha value is -4.89. The van der Waals surface area contributed by atoms with Gasteiger partial charge < -0.3 is 28.7 Å². The third-order valence-electron chi connectivity index (χ3n) is 9.44. The maximum absolute atomic E-state index is 14.0. The summed E-state index contributed by atoms with van der Waals surface area (Å²) in [5.74, 6) is 0.536. The summed E-state index contributed by atoms with van der Waals surface area (Å²) in [6.45, 7) is 2.98. The van der Waals surface area contributed by atoms with E-state index in [0.717, 1.165) is 54.8 Å². The van der Waals surface area contributed by atoms with Gasteiger partial charge in [-0.3, -0.25) is 4.79 Å². The zero-order chi connectivity index (χ0) is 36.7. The van der Waals surface area contributed by atoms with E-state index >= 15 is 0 Å². The molecule has 0 aliphatic carbocycles. The molecular weight excluding hydrogens is 680 g/mol. The number of para-hydroxylation sites is 2. The molecule has 0 saturated carbocycles. The Morgan fingerprint density at radius 1 is 1.02 bits per heavy atom. The van der Waals surface area contributed by atoms with Crippen LogP contribution >= 0.6 is 0 Å². The number of anilines is 1. The van der Waals surface area contributed by atoms with Crippen LogP contribution in [0.25, 0.3) is 11.0 Å². The SMILES string of the molecule is COc1ccc(C2C=NN=N2)cc1C(=O)N(C)CC(CCN1CCCN(c2nc3ccccc3n2CCOCC(F)(F)F)CC1)c1ccc(F)cc1. The first-order chi connectivity index (χ1) is 25.1. The second-order valence-corrected chi connectivity index (χ2v) is 13.0. The molecule has 1 aromatic heterocycles. The number of aromatic nitrogens is 2. The van der Waals surface area contributed by atoms with Gasteiger partial charge in [0.25, 0.3) is 5.91 Å². The van der Waals surface area contributed by atoms with Crippen LogP contribution in [0.2, 0.25) is 0 Å². The number of halogens is 4. The molecule has 2 atom stereocenters. The molecule has 2 aliphatic rings. The van der Waals surface area contributed by atoms with Gasteiger partial charge >= 0.3 is 6.18 Å². The summed E-state index contributed by atoms with van der Waals surface area (Å²) in [7, 11) is 3.28. The van der Waals surface area contributed by atoms with Gasteiger partial charge in [0.15, 0.2) is 0 Å². The van der Waals surface area contributed by atoms with Gasteiger partial charge in [-0.15, -0.1) is 5.10 Å². The van der Waals surface area contributed by atoms with Gasteiger partial charge in [0.2, 0.25) is 5.95 Å². The average Bonchev–Trinajstić information content (AvgIpc) is 3.74. The van der Waals surface area contributed by atoms with Crippen LogP contribution in [0, 0.1) is 5.82 Å². The number of rotatable bonds is 14. The highest BCUT2D eigenvalue weighted by molar-refractivity contribution is 5.97. The van der Waals surface area contributed by atoms with E-state index < -0.39 is 12.8 Å². The molecule has 1 saturated heterocycles. The van der Waals surface area contributed by atoms with Crippen molar-refractivity contribution in [2.45, 2.75) is 37.5 Å². The van der Waals surface area contributed by atoms with E-state index in [0.29, 0.717) is 36.8 Å². The molecule has 276 valence electrons. The number of amides is 1. The summed E-state index contributed by atoms with van der Waals surface area (Å²) >= 11 is 0. The first kappa shape index (κ1) is 36.9. The number of hydrogen-bond donors (Lipinski definition) is 0. The number of benzene rings is 3. The molecule has 2 unspecified atom stereocenters. The van der Waals surface area contributed by atoms with Crippen LogP contribution in [-0.4, -0.2) is 104 Å². The lowest BCUT2D eigenvalue weighted by Crippen LogP contribution is -2.35. The van der Waals surface area contributed by atoms with Crippen molar-refractivity contribution in [1.82, 2.24) is 19.4 Å². The van der Waals surface area contributed by atoms with Crippen molar-refractivity contribution in [2.24, 2.45) is 15.4 Å². The number of imidazole rings is 1. The standard InChI is InChI=1S/C37H42F4N8O3/c1-46(35(50)30-22-27(10-13-34(30)51-2)32-23-42-45-44-32)24-28(26-8-11-29(38)12-9-26)14-17-47-15-5-16-48(19-18-47)36-43-31-6-3-4-7-33(31)49(36)20-21-52-25-37(39,40)41/h3-4,6-13,22-23,28,32H,5,14-21,24-25H2,1-2H3. The second-order valence-electron chi connectivity index (χ2n) is 13.0. The summed E-state index contributed by atoms with van der Waals surface area (Å²) in [6.07, 6.45) is -1.20. The summed E-state index contributed by atoms with van der Waals surface area (Å²) in [5, 5.41) is 11.6. The van der Waals surface area contributed by atoms with Gasteiger partial charge in [-0.1, -0.05) is 30.3 Å². The number of alkyl halides is 3. The quantitative estimate of drug-likeness (QED) is 0.106. The van der Waals surface area contributed by atoms with Crippen LogP contribution in [0.4, 0.5) is 23.5 Å². The fraction of sp³-hybridized carbons (Fsp3) is 0.432. The van der Waals surface area contributed by atoms with Crippen molar-refractivity contribution >= 4 is 29.1 Å². The van der Waals surface area contributed by atoms with E-state index in [4.69, 9.17) is 14.5 Å². The van der Waals surface area contributed by atoms with Crippen molar-refractivity contribution in [2.75, 3.05) is 71.5 Å². The largest absolute Gasteiger partial charge is 0.496 e. The molecule has 52 heavy (non-hydrogen) atoms. The molecule has 0 bridgehead atoms. The number of carbonyl (C=O) groups excluding carboxylic acids is 1. The van der Waals surface area contributed by atoms with Crippen molar-refractivity contribution < 1.29 is 31.8 Å². The minimum Gasteiger partial charge on any atom is -0.496 e. The molecule has 0 spiro atoms. The molecule has 3 aromatic carbocycles. The Balaban J connectivity index is 1.13. The van der Waals surface area contributed by atoms with E-state index in [2.05, 4.69) is 25.2 Å². The monoisotopic (exact) mass is 722 g/mol. The third-order valence-corrected chi connectivity index (χ3v) is 9.44. The van der Waals surface area contributed by atoms with Gasteiger partial charge in [0.05, 0.1) is 36.5 Å². The van der Waals surface area contributed by atoms with Crippen molar-refractivity contribution in [1.29, 1.82) is 0 Å². The molecule has 0 N–H and O–H groups in total. The summed E-state index contributed by atoms with van der Waals surface area (Å²) in [6, 6.07) is 19.0. The van der Waals surface area contributed by atoms with E-state index in [1.165, 1.54) is 19.2 Å². The maximum atomic E-state index is 14.0. The number of methoxy groups -OCH3 is 1. The van der Waals surface area contributed by atoms with Gasteiger partial charge in [-0.05, 0) is 78.7 Å². The predicted molar refractivity (Wildman–Crippen MR) is 190 cm³/mol. The zero-order valence-electron chi connectivity index (χ0n) is 29.2. The zero-order valence-corrected chi connectivity index (χ0v) is 29.2. The first-order valence-corrected chi connectivity index (χ1v) is 17.3. The molecule has 0 radical (unpaired) electrons. The number of likely N-dealkylation sites (N-methyl/N-ethyl adjacent to an activating group) is 1. The van der Waals surface area contributed by atoms with Crippen LogP contribution in [0.1, 0.15) is 46.3 Å². The Kier molecular flexibility index (Phi) is 11.8. The normalized spacial score (nSPS) is 17.1. The topological polar surface area (TPSA) is 100 Å². The second kappa shape index (κ2) is 16.6. The predicted octanol–water partition coefficient (Wildman–Crippen LogP) is 6.71. The van der Waals surface area contributed by atoms with Crippen molar-refractivity contribution in [3.8, 4) is 5.75 Å². The van der Waals surface area contributed by atoms with E-state index in [-0.39, 0.29) is 36.8 Å². The number of fused-ring (bicyclic) bond motifs is 1. The van der Waals surface area contributed by atoms with Crippen LogP contribution in [-0.2, 0) is 11.3 Å². The van der Waals surface area contributed by atoms with Gasteiger partial charge in [0.1, 0.15) is 24.2 Å². The highest BCUT2D eigenvalue weighted by atomic mass is 19.4. The number of ether oxygens (including phenoxy) is 2. The van der Waals surface area contributed by atoms with Gasteiger partial charge in [-0.25, -0.2) is 9.37 Å². The molecule has 4 aromatic rings. The van der Waals surface area contributed by atoms with E-state index in [1.54, 1.807) is 42.4 Å². The molecule has 1 fully saturated rings. The van der Waals surface area contributed by atoms with Crippen LogP contribution < -0.4 is 9.64 Å². The first-order valence-electron chi connectivity index (χ1n) is 17.3. The Bertz CT molecular complexity index is 1870. The molecular formula is C37H42F4N8O3. The van der Waals surface area contributed by atoms with Gasteiger partial charge in [0, 0.05) is 45.7 Å². The third kappa shape index (κ3) is 9.12. The summed E-state index contributed by atoms with van der Waals surface area (Å²) < 4.78 is 64.5. The summed E-state index contributed by atoms with van der Waals surface area (Å²) in [5.41, 5.74) is 3.73. The van der Waals surface area contributed by atoms with E-state index in [1.807, 2.05) is 34.9 Å². The highest BCUT2D eigenvalue weighted by Gasteiger charge is 2.28. The Morgan fingerprint density at radius 3 is 2.58 bits per heavy atom. The lowest BCUT2D eigenvalue weighted by atomic mass is 9.94. The minimum absolute atomic E-state index is 0.0836. The van der Waals surface area contributed by atoms with Crippen LogP contribution in [0.5, 0.6) is 5.75 Å². The van der Waals surface area contributed by atoms with E-state index in [9.17, 15) is 22.4 Å². The van der Waals surface area contributed by atoms with Crippen molar-refractivity contribution in [3.05, 3.63) is 89.2 Å². The van der Waals surface area contributed by atoms with Crippen LogP contribution in [0.15, 0.2) is 82.2 Å². The lowest BCUT2D eigenvalue weighted by molar-refractivity contribution is -0.174. The smallest absolute Gasteiger partial charge is 0.411 e. The Labute approximate surface area is 299 Å². The van der Waals surface area contributed by atoms with Crippen molar-refractivity contribution in [3.63, 3.8) is 0 Å². The maximum Gasteiger partial charge on any atom is 0.411 e. The number of nitrogens with zero attached hydrogens (tertiary/aromatic N) is 8. The average molecular weight is 723 g/mol.